The number of thioether (sulfide) groups is 1. The normalized spacial score (nSPS) is 16.0. The van der Waals surface area contributed by atoms with Gasteiger partial charge in [-0.2, -0.15) is 5.10 Å². The highest BCUT2D eigenvalue weighted by molar-refractivity contribution is 7.99. The Morgan fingerprint density at radius 1 is 1.06 bits per heavy atom. The molecular weight excluding hydrogens is 406 g/mol. The fourth-order valence-corrected chi connectivity index (χ4v) is 4.49. The third kappa shape index (κ3) is 4.09. The lowest BCUT2D eigenvalue weighted by atomic mass is 9.97. The van der Waals surface area contributed by atoms with Gasteiger partial charge in [-0.1, -0.05) is 78.5 Å². The summed E-state index contributed by atoms with van der Waals surface area (Å²) in [7, 11) is 0. The minimum absolute atomic E-state index is 0.0582. The number of nitrogens with zero attached hydrogens (tertiary/aromatic N) is 4. The molecule has 5 rings (SSSR count). The van der Waals surface area contributed by atoms with Crippen molar-refractivity contribution < 1.29 is 4.79 Å². The number of carbonyl (C=O) groups excluding carboxylic acids is 1. The van der Waals surface area contributed by atoms with Crippen molar-refractivity contribution in [1.82, 2.24) is 20.2 Å². The first-order valence-corrected chi connectivity index (χ1v) is 11.1. The average Bonchev–Trinajstić information content (AvgIpc) is 3.44. The lowest BCUT2D eigenvalue weighted by Gasteiger charge is -2.21. The predicted octanol–water partition coefficient (Wildman–Crippen LogP) is 4.74. The second-order valence-corrected chi connectivity index (χ2v) is 8.41. The van der Waals surface area contributed by atoms with Crippen LogP contribution in [0.1, 0.15) is 29.4 Å². The molecule has 0 radical (unpaired) electrons. The zero-order valence-corrected chi connectivity index (χ0v) is 17.8. The first-order valence-electron chi connectivity index (χ1n) is 10.1. The minimum Gasteiger partial charge on any atom is -0.272 e. The van der Waals surface area contributed by atoms with Crippen molar-refractivity contribution in [2.75, 3.05) is 5.75 Å². The van der Waals surface area contributed by atoms with E-state index in [2.05, 4.69) is 57.6 Å². The Balaban J connectivity index is 1.44. The molecule has 1 atom stereocenters. The van der Waals surface area contributed by atoms with E-state index >= 15 is 0 Å². The Morgan fingerprint density at radius 3 is 2.61 bits per heavy atom. The van der Waals surface area contributed by atoms with Crippen molar-refractivity contribution in [1.29, 1.82) is 0 Å². The van der Waals surface area contributed by atoms with Gasteiger partial charge in [-0.05, 0) is 34.9 Å². The Morgan fingerprint density at radius 2 is 1.84 bits per heavy atom. The maximum Gasteiger partial charge on any atom is 0.253 e. The molecule has 0 fully saturated rings. The van der Waals surface area contributed by atoms with Crippen LogP contribution < -0.4 is 0 Å². The molecule has 4 aromatic rings. The fourth-order valence-electron chi connectivity index (χ4n) is 3.80. The molecule has 0 saturated heterocycles. The van der Waals surface area contributed by atoms with Gasteiger partial charge in [-0.3, -0.25) is 9.89 Å². The highest BCUT2D eigenvalue weighted by Crippen LogP contribution is 2.34. The van der Waals surface area contributed by atoms with E-state index in [-0.39, 0.29) is 17.7 Å². The third-order valence-electron chi connectivity index (χ3n) is 5.33. The number of aromatic nitrogens is 3. The zero-order valence-electron chi connectivity index (χ0n) is 17.0. The van der Waals surface area contributed by atoms with E-state index in [0.717, 1.165) is 22.7 Å². The summed E-state index contributed by atoms with van der Waals surface area (Å²) in [5.74, 6) is 0.904. The number of hydrazone groups is 1. The molecule has 1 aliphatic rings. The van der Waals surface area contributed by atoms with Gasteiger partial charge in [0, 0.05) is 6.42 Å². The lowest BCUT2D eigenvalue weighted by Crippen LogP contribution is -2.28. The highest BCUT2D eigenvalue weighted by atomic mass is 32.2. The Hall–Kier alpha value is -3.45. The van der Waals surface area contributed by atoms with Crippen molar-refractivity contribution in [2.24, 2.45) is 5.10 Å². The summed E-state index contributed by atoms with van der Waals surface area (Å²) in [5.41, 5.74) is 3.05. The van der Waals surface area contributed by atoms with Crippen molar-refractivity contribution >= 4 is 34.2 Å². The smallest absolute Gasteiger partial charge is 0.253 e. The summed E-state index contributed by atoms with van der Waals surface area (Å²) in [6.45, 7) is 1.84. The van der Waals surface area contributed by atoms with Crippen LogP contribution in [0.2, 0.25) is 0 Å². The summed E-state index contributed by atoms with van der Waals surface area (Å²) < 4.78 is 0. The number of benzene rings is 3. The average molecular weight is 428 g/mol. The minimum atomic E-state index is -0.121. The van der Waals surface area contributed by atoms with Crippen LogP contribution in [0.4, 0.5) is 0 Å². The van der Waals surface area contributed by atoms with E-state index in [1.807, 2.05) is 37.3 Å². The summed E-state index contributed by atoms with van der Waals surface area (Å²) in [6.07, 6.45) is 0.679. The van der Waals surface area contributed by atoms with Gasteiger partial charge in [0.15, 0.2) is 0 Å². The molecule has 7 heteroatoms. The van der Waals surface area contributed by atoms with Gasteiger partial charge in [0.1, 0.15) is 5.82 Å². The number of fused-ring (bicyclic) bond motifs is 1. The molecule has 154 valence electrons. The molecule has 1 N–H and O–H groups in total. The third-order valence-corrected chi connectivity index (χ3v) is 6.17. The number of nitrogens with one attached hydrogen (secondary N) is 1. The number of aryl methyl sites for hydroxylation is 1. The Labute approximate surface area is 184 Å². The van der Waals surface area contributed by atoms with E-state index in [4.69, 9.17) is 5.10 Å². The highest BCUT2D eigenvalue weighted by Gasteiger charge is 2.33. The molecule has 3 aromatic carbocycles. The summed E-state index contributed by atoms with van der Waals surface area (Å²) >= 11 is 1.32. The van der Waals surface area contributed by atoms with Crippen LogP contribution in [0.3, 0.4) is 0 Å². The number of hydrogen-bond acceptors (Lipinski definition) is 5. The van der Waals surface area contributed by atoms with Gasteiger partial charge in [0.05, 0.1) is 17.5 Å². The number of rotatable bonds is 5. The number of H-pyrrole nitrogens is 1. The molecule has 0 bridgehead atoms. The largest absolute Gasteiger partial charge is 0.272 e. The predicted molar refractivity (Wildman–Crippen MR) is 123 cm³/mol. The standard InChI is InChI=1S/C24H21N5OS/c1-16-25-24(27-26-16)31-15-23(30)29-22(18-8-3-2-4-9-18)14-21(28-29)20-12-11-17-7-5-6-10-19(17)13-20/h2-13,22H,14-15H2,1H3,(H,25,26,27). The number of hydrogen-bond donors (Lipinski definition) is 1. The van der Waals surface area contributed by atoms with Crippen LogP contribution in [-0.4, -0.2) is 37.6 Å². The van der Waals surface area contributed by atoms with Crippen LogP contribution in [0, 0.1) is 6.92 Å². The maximum absolute atomic E-state index is 13.1. The summed E-state index contributed by atoms with van der Waals surface area (Å²) in [4.78, 5) is 17.4. The molecule has 0 spiro atoms. The molecule has 2 heterocycles. The van der Waals surface area contributed by atoms with Crippen LogP contribution in [0.15, 0.2) is 83.1 Å². The van der Waals surface area contributed by atoms with Crippen molar-refractivity contribution in [3.8, 4) is 0 Å². The first kappa shape index (κ1) is 19.5. The number of aromatic amines is 1. The second-order valence-electron chi connectivity index (χ2n) is 7.47. The lowest BCUT2D eigenvalue weighted by molar-refractivity contribution is -0.130. The van der Waals surface area contributed by atoms with Gasteiger partial charge in [-0.15, -0.1) is 5.10 Å². The van der Waals surface area contributed by atoms with E-state index < -0.39 is 0 Å². The van der Waals surface area contributed by atoms with E-state index in [1.165, 1.54) is 22.5 Å². The number of carbonyl (C=O) groups is 1. The fraction of sp³-hybridized carbons (Fsp3) is 0.167. The molecule has 1 unspecified atom stereocenters. The van der Waals surface area contributed by atoms with Crippen molar-refractivity contribution in [3.63, 3.8) is 0 Å². The quantitative estimate of drug-likeness (QED) is 0.467. The van der Waals surface area contributed by atoms with Crippen LogP contribution in [0.5, 0.6) is 0 Å². The Bertz CT molecular complexity index is 1270. The molecule has 0 saturated carbocycles. The van der Waals surface area contributed by atoms with Gasteiger partial charge in [0.2, 0.25) is 5.16 Å². The zero-order chi connectivity index (χ0) is 21.2. The van der Waals surface area contributed by atoms with Gasteiger partial charge in [0.25, 0.3) is 5.91 Å². The van der Waals surface area contributed by atoms with Crippen LogP contribution in [-0.2, 0) is 4.79 Å². The maximum atomic E-state index is 13.1. The molecule has 1 aromatic heterocycles. The van der Waals surface area contributed by atoms with E-state index in [0.29, 0.717) is 11.6 Å². The first-order chi connectivity index (χ1) is 15.2. The molecule has 0 aliphatic carbocycles. The Kier molecular flexibility index (Phi) is 5.26. The van der Waals surface area contributed by atoms with Gasteiger partial charge in [-0.25, -0.2) is 9.99 Å². The van der Waals surface area contributed by atoms with Crippen molar-refractivity contribution in [2.45, 2.75) is 24.5 Å². The second kappa shape index (κ2) is 8.35. The molecular formula is C24H21N5OS. The van der Waals surface area contributed by atoms with Gasteiger partial charge >= 0.3 is 0 Å². The van der Waals surface area contributed by atoms with E-state index in [9.17, 15) is 4.79 Å². The van der Waals surface area contributed by atoms with Crippen LogP contribution >= 0.6 is 11.8 Å². The summed E-state index contributed by atoms with van der Waals surface area (Å²) in [5, 5.41) is 16.2. The molecule has 1 aliphatic heterocycles. The van der Waals surface area contributed by atoms with Crippen molar-refractivity contribution in [3.05, 3.63) is 89.7 Å². The molecule has 1 amide bonds. The SMILES string of the molecule is Cc1nc(SCC(=O)N2N=C(c3ccc4ccccc4c3)CC2c2ccccc2)n[nH]1. The topological polar surface area (TPSA) is 74.2 Å². The molecule has 6 nitrogen and oxygen atoms in total. The summed E-state index contributed by atoms with van der Waals surface area (Å²) in [6, 6.07) is 24.6. The number of amides is 1. The van der Waals surface area contributed by atoms with Gasteiger partial charge < -0.3 is 0 Å². The van der Waals surface area contributed by atoms with Crippen LogP contribution in [0.25, 0.3) is 10.8 Å². The van der Waals surface area contributed by atoms with E-state index in [1.54, 1.807) is 5.01 Å². The monoisotopic (exact) mass is 427 g/mol. The molecule has 31 heavy (non-hydrogen) atoms.